The van der Waals surface area contributed by atoms with Gasteiger partial charge in [-0.15, -0.1) is 0 Å². The fraction of sp³-hybridized carbons (Fsp3) is 0.500. The highest BCUT2D eigenvalue weighted by atomic mass is 16.4. The molecule has 0 aromatic heterocycles. The predicted molar refractivity (Wildman–Crippen MR) is 92.8 cm³/mol. The van der Waals surface area contributed by atoms with Crippen molar-refractivity contribution in [2.45, 2.75) is 45.6 Å². The average Bonchev–Trinajstić information content (AvgIpc) is 2.54. The molecule has 3 saturated carbocycles. The Morgan fingerprint density at radius 2 is 2.00 bits per heavy atom. The Kier molecular flexibility index (Phi) is 4.24. The predicted octanol–water partition coefficient (Wildman–Crippen LogP) is 3.42. The summed E-state index contributed by atoms with van der Waals surface area (Å²) in [6.07, 6.45) is 2.91. The van der Waals surface area contributed by atoms with Crippen LogP contribution in [0.2, 0.25) is 0 Å². The largest absolute Gasteiger partial charge is 0.478 e. The van der Waals surface area contributed by atoms with Crippen LogP contribution in [0.4, 0.5) is 0 Å². The summed E-state index contributed by atoms with van der Waals surface area (Å²) in [6, 6.07) is 6.93. The van der Waals surface area contributed by atoms with Crippen LogP contribution in [0.3, 0.4) is 0 Å². The van der Waals surface area contributed by atoms with E-state index in [9.17, 15) is 14.7 Å². The highest BCUT2D eigenvalue weighted by molar-refractivity contribution is 5.89. The molecule has 4 rings (SSSR count). The zero-order valence-corrected chi connectivity index (χ0v) is 14.3. The van der Waals surface area contributed by atoms with Gasteiger partial charge >= 0.3 is 5.97 Å². The van der Waals surface area contributed by atoms with E-state index in [-0.39, 0.29) is 17.5 Å². The second-order valence-electron chi connectivity index (χ2n) is 7.70. The number of nitrogens with one attached hydrogen (secondary N) is 1. The van der Waals surface area contributed by atoms with E-state index in [0.717, 1.165) is 12.0 Å². The number of carboxylic acid groups (broad SMARTS) is 1. The number of carboxylic acids is 1. The summed E-state index contributed by atoms with van der Waals surface area (Å²) in [5, 5.41) is 12.3. The number of carbonyl (C=O) groups is 2. The summed E-state index contributed by atoms with van der Waals surface area (Å²) in [5.74, 6) is 0.190. The van der Waals surface area contributed by atoms with E-state index >= 15 is 0 Å². The third kappa shape index (κ3) is 2.85. The Bertz CT molecular complexity index is 692. The lowest BCUT2D eigenvalue weighted by molar-refractivity contribution is -0.123. The molecule has 1 unspecified atom stereocenters. The molecule has 0 radical (unpaired) electrons. The Balaban J connectivity index is 1.56. The molecule has 0 saturated heterocycles. The molecule has 4 nitrogen and oxygen atoms in total. The molecule has 2 bridgehead atoms. The topological polar surface area (TPSA) is 66.4 Å². The van der Waals surface area contributed by atoms with Gasteiger partial charge in [0.2, 0.25) is 5.91 Å². The molecular weight excluding hydrogens is 302 g/mol. The van der Waals surface area contributed by atoms with E-state index in [4.69, 9.17) is 0 Å². The molecule has 0 aliphatic heterocycles. The molecule has 24 heavy (non-hydrogen) atoms. The molecule has 3 atom stereocenters. The molecular formula is C20H25NO3. The summed E-state index contributed by atoms with van der Waals surface area (Å²) in [4.78, 5) is 23.5. The third-order valence-electron chi connectivity index (χ3n) is 6.09. The van der Waals surface area contributed by atoms with Crippen molar-refractivity contribution in [2.24, 2.45) is 17.3 Å². The number of hydrogen-bond acceptors (Lipinski definition) is 2. The first-order valence-corrected chi connectivity index (χ1v) is 8.60. The van der Waals surface area contributed by atoms with Gasteiger partial charge in [0.25, 0.3) is 0 Å². The molecule has 2 N–H and O–H groups in total. The highest BCUT2D eigenvalue weighted by Crippen LogP contribution is 2.60. The summed E-state index contributed by atoms with van der Waals surface area (Å²) < 4.78 is 0. The van der Waals surface area contributed by atoms with Gasteiger partial charge in [0.1, 0.15) is 0 Å². The molecule has 1 amide bonds. The molecule has 128 valence electrons. The van der Waals surface area contributed by atoms with Gasteiger partial charge in [0.15, 0.2) is 0 Å². The Morgan fingerprint density at radius 3 is 2.62 bits per heavy atom. The lowest BCUT2D eigenvalue weighted by Crippen LogP contribution is -2.57. The molecule has 3 aliphatic carbocycles. The number of aromatic carboxylic acids is 1. The monoisotopic (exact) mass is 327 g/mol. The molecule has 3 fully saturated rings. The second kappa shape index (κ2) is 6.08. The number of hydrogen-bond donors (Lipinski definition) is 2. The summed E-state index contributed by atoms with van der Waals surface area (Å²) in [6.45, 7) is 8.81. The van der Waals surface area contributed by atoms with Crippen molar-refractivity contribution < 1.29 is 14.7 Å². The number of rotatable bonds is 5. The van der Waals surface area contributed by atoms with Crippen LogP contribution in [0.25, 0.3) is 0 Å². The van der Waals surface area contributed by atoms with Crippen molar-refractivity contribution in [1.82, 2.24) is 5.32 Å². The Labute approximate surface area is 143 Å². The summed E-state index contributed by atoms with van der Waals surface area (Å²) >= 11 is 0. The fourth-order valence-electron chi connectivity index (χ4n) is 4.34. The summed E-state index contributed by atoms with van der Waals surface area (Å²) in [7, 11) is 0. The smallest absolute Gasteiger partial charge is 0.335 e. The van der Waals surface area contributed by atoms with E-state index in [1.165, 1.54) is 6.42 Å². The first-order chi connectivity index (χ1) is 11.3. The number of fused-ring (bicyclic) bond motifs is 2. The molecule has 1 aromatic rings. The maximum absolute atomic E-state index is 12.3. The lowest BCUT2D eigenvalue weighted by atomic mass is 9.46. The van der Waals surface area contributed by atoms with E-state index in [2.05, 4.69) is 25.7 Å². The number of amides is 1. The van der Waals surface area contributed by atoms with Crippen LogP contribution >= 0.6 is 0 Å². The maximum Gasteiger partial charge on any atom is 0.335 e. The summed E-state index contributed by atoms with van der Waals surface area (Å²) in [5.41, 5.74) is 2.45. The van der Waals surface area contributed by atoms with Crippen LogP contribution in [0.5, 0.6) is 0 Å². The second-order valence-corrected chi connectivity index (χ2v) is 7.70. The van der Waals surface area contributed by atoms with E-state index in [1.54, 1.807) is 24.3 Å². The fourth-order valence-corrected chi connectivity index (χ4v) is 4.34. The molecule has 3 aliphatic rings. The zero-order valence-electron chi connectivity index (χ0n) is 14.3. The standard InChI is InChI=1S/C20H25NO3/c1-12-16-10-14(20(16,2)3)11-17(12)21-18(22)9-8-13-6-4-5-7-15(13)19(23)24/h4-7,14,16-17H,1,8-11H2,2-3H3,(H,21,22)(H,23,24)/t14-,16+,17?/m1/s1. The maximum atomic E-state index is 12.3. The van der Waals surface area contributed by atoms with Gasteiger partial charge in [-0.25, -0.2) is 4.79 Å². The molecule has 1 aromatic carbocycles. The number of carbonyl (C=O) groups excluding carboxylic acids is 1. The first-order valence-electron chi connectivity index (χ1n) is 8.60. The van der Waals surface area contributed by atoms with Crippen LogP contribution in [-0.2, 0) is 11.2 Å². The quantitative estimate of drug-likeness (QED) is 0.814. The third-order valence-corrected chi connectivity index (χ3v) is 6.09. The zero-order chi connectivity index (χ0) is 17.5. The Morgan fingerprint density at radius 1 is 1.29 bits per heavy atom. The minimum absolute atomic E-state index is 0.0274. The van der Waals surface area contributed by atoms with E-state index < -0.39 is 5.97 Å². The minimum Gasteiger partial charge on any atom is -0.478 e. The van der Waals surface area contributed by atoms with Crippen molar-refractivity contribution in [3.8, 4) is 0 Å². The van der Waals surface area contributed by atoms with E-state index in [0.29, 0.717) is 35.7 Å². The van der Waals surface area contributed by atoms with Gasteiger partial charge in [0, 0.05) is 6.42 Å². The van der Waals surface area contributed by atoms with Crippen molar-refractivity contribution in [2.75, 3.05) is 0 Å². The lowest BCUT2D eigenvalue weighted by Gasteiger charge is -2.60. The Hall–Kier alpha value is -2.10. The SMILES string of the molecule is C=C1C(NC(=O)CCc2ccccc2C(=O)O)C[C@H]2C[C@@H]1C2(C)C. The number of benzene rings is 1. The first kappa shape index (κ1) is 16.7. The van der Waals surface area contributed by atoms with Gasteiger partial charge in [-0.3, -0.25) is 4.79 Å². The van der Waals surface area contributed by atoms with Crippen LogP contribution in [0, 0.1) is 17.3 Å². The molecule has 0 spiro atoms. The average molecular weight is 327 g/mol. The molecule has 4 heteroatoms. The van der Waals surface area contributed by atoms with Gasteiger partial charge < -0.3 is 10.4 Å². The van der Waals surface area contributed by atoms with Crippen LogP contribution in [0.1, 0.15) is 49.0 Å². The van der Waals surface area contributed by atoms with Crippen molar-refractivity contribution >= 4 is 11.9 Å². The van der Waals surface area contributed by atoms with Gasteiger partial charge in [-0.1, -0.05) is 44.2 Å². The number of aryl methyl sites for hydroxylation is 1. The van der Waals surface area contributed by atoms with E-state index in [1.807, 2.05) is 0 Å². The molecule has 0 heterocycles. The van der Waals surface area contributed by atoms with Crippen molar-refractivity contribution in [1.29, 1.82) is 0 Å². The van der Waals surface area contributed by atoms with Gasteiger partial charge in [0.05, 0.1) is 11.6 Å². The minimum atomic E-state index is -0.950. The van der Waals surface area contributed by atoms with Crippen LogP contribution < -0.4 is 5.32 Å². The normalized spacial score (nSPS) is 27.2. The van der Waals surface area contributed by atoms with Gasteiger partial charge in [-0.05, 0) is 48.1 Å². The highest BCUT2D eigenvalue weighted by Gasteiger charge is 2.54. The van der Waals surface area contributed by atoms with Crippen LogP contribution in [0.15, 0.2) is 36.4 Å². The van der Waals surface area contributed by atoms with Crippen molar-refractivity contribution in [3.05, 3.63) is 47.5 Å². The van der Waals surface area contributed by atoms with Gasteiger partial charge in [-0.2, -0.15) is 0 Å². The van der Waals surface area contributed by atoms with Crippen LogP contribution in [-0.4, -0.2) is 23.0 Å². The van der Waals surface area contributed by atoms with Crippen molar-refractivity contribution in [3.63, 3.8) is 0 Å².